The smallest absolute Gasteiger partial charge is 0.407 e. The number of nitro benzene ring substituents is 1. The SMILES string of the molecule is O=C(O)N1CCC(n2c(=O)[nH]c3ccccc32)C(CCCN(Cc2ccccc2)Cc2ccc([N+](=O)[O-])cc2)C1. The number of hydrogen-bond acceptors (Lipinski definition) is 5. The Morgan fingerprint density at radius 1 is 1.00 bits per heavy atom. The summed E-state index contributed by atoms with van der Waals surface area (Å²) in [5, 5.41) is 20.8. The number of nitro groups is 1. The number of likely N-dealkylation sites (tertiary alicyclic amines) is 1. The second-order valence-electron chi connectivity index (χ2n) is 10.4. The van der Waals surface area contributed by atoms with Crippen LogP contribution in [0.3, 0.4) is 0 Å². The summed E-state index contributed by atoms with van der Waals surface area (Å²) in [6, 6.07) is 24.3. The normalized spacial score (nSPS) is 17.4. The molecule has 4 aromatic rings. The van der Waals surface area contributed by atoms with E-state index in [0.29, 0.717) is 26.1 Å². The average molecular weight is 544 g/mol. The summed E-state index contributed by atoms with van der Waals surface area (Å²) in [5.74, 6) is -0.0142. The third-order valence-corrected chi connectivity index (χ3v) is 7.77. The third kappa shape index (κ3) is 6.23. The van der Waals surface area contributed by atoms with E-state index in [0.717, 1.165) is 42.5 Å². The molecule has 0 saturated carbocycles. The van der Waals surface area contributed by atoms with Gasteiger partial charge in [0, 0.05) is 44.4 Å². The minimum Gasteiger partial charge on any atom is -0.465 e. The molecule has 0 radical (unpaired) electrons. The number of rotatable bonds is 10. The second-order valence-corrected chi connectivity index (χ2v) is 10.4. The summed E-state index contributed by atoms with van der Waals surface area (Å²) < 4.78 is 1.82. The van der Waals surface area contributed by atoms with E-state index in [4.69, 9.17) is 0 Å². The molecule has 208 valence electrons. The first-order valence-corrected chi connectivity index (χ1v) is 13.6. The molecule has 1 fully saturated rings. The van der Waals surface area contributed by atoms with Gasteiger partial charge in [-0.25, -0.2) is 9.59 Å². The van der Waals surface area contributed by atoms with Crippen molar-refractivity contribution in [2.75, 3.05) is 19.6 Å². The topological polar surface area (TPSA) is 125 Å². The molecule has 1 aromatic heterocycles. The number of benzene rings is 3. The Bertz CT molecular complexity index is 1520. The van der Waals surface area contributed by atoms with Gasteiger partial charge in [-0.15, -0.1) is 0 Å². The highest BCUT2D eigenvalue weighted by atomic mass is 16.6. The van der Waals surface area contributed by atoms with Crippen LogP contribution < -0.4 is 5.69 Å². The summed E-state index contributed by atoms with van der Waals surface area (Å²) in [5.41, 5.74) is 3.68. The van der Waals surface area contributed by atoms with Crippen LogP contribution in [-0.4, -0.2) is 55.1 Å². The lowest BCUT2D eigenvalue weighted by Gasteiger charge is -2.38. The van der Waals surface area contributed by atoms with Gasteiger partial charge in [0.25, 0.3) is 5.69 Å². The number of fused-ring (bicyclic) bond motifs is 1. The molecule has 2 N–H and O–H groups in total. The zero-order chi connectivity index (χ0) is 28.1. The number of non-ortho nitro benzene ring substituents is 1. The number of amides is 1. The molecule has 10 heteroatoms. The van der Waals surface area contributed by atoms with Crippen LogP contribution in [0.5, 0.6) is 0 Å². The number of imidazole rings is 1. The number of hydrogen-bond donors (Lipinski definition) is 2. The molecule has 2 atom stereocenters. The number of piperidine rings is 1. The van der Waals surface area contributed by atoms with Crippen molar-refractivity contribution >= 4 is 22.8 Å². The van der Waals surface area contributed by atoms with E-state index in [1.165, 1.54) is 22.6 Å². The van der Waals surface area contributed by atoms with E-state index in [-0.39, 0.29) is 23.3 Å². The Morgan fingerprint density at radius 3 is 2.38 bits per heavy atom. The first-order valence-electron chi connectivity index (χ1n) is 13.6. The van der Waals surface area contributed by atoms with Gasteiger partial charge < -0.3 is 15.0 Å². The molecule has 5 rings (SSSR count). The molecular weight excluding hydrogens is 510 g/mol. The van der Waals surface area contributed by atoms with Crippen LogP contribution in [0.4, 0.5) is 10.5 Å². The van der Waals surface area contributed by atoms with Gasteiger partial charge in [0.15, 0.2) is 0 Å². The molecule has 0 bridgehead atoms. The zero-order valence-electron chi connectivity index (χ0n) is 22.2. The lowest BCUT2D eigenvalue weighted by atomic mass is 9.87. The van der Waals surface area contributed by atoms with E-state index >= 15 is 0 Å². The Kier molecular flexibility index (Phi) is 8.26. The number of aromatic nitrogens is 2. The zero-order valence-corrected chi connectivity index (χ0v) is 22.2. The molecule has 1 saturated heterocycles. The van der Waals surface area contributed by atoms with Crippen molar-refractivity contribution < 1.29 is 14.8 Å². The van der Waals surface area contributed by atoms with Gasteiger partial charge >= 0.3 is 11.8 Å². The Labute approximate surface area is 231 Å². The van der Waals surface area contributed by atoms with Crippen LogP contribution in [0.15, 0.2) is 83.7 Å². The summed E-state index contributed by atoms with van der Waals surface area (Å²) in [4.78, 5) is 42.2. The standard InChI is InChI=1S/C30H33N5O5/c36-29-31-26-10-4-5-11-28(26)34(29)27-16-18-33(30(37)38)21-24(27)9-6-17-32(19-22-7-2-1-3-8-22)20-23-12-14-25(15-13-23)35(39)40/h1-5,7-8,10-15,24,27H,6,9,16-21H2,(H,31,36)(H,37,38). The molecule has 2 heterocycles. The fraction of sp³-hybridized carbons (Fsp3) is 0.333. The molecule has 1 aliphatic rings. The van der Waals surface area contributed by atoms with Gasteiger partial charge in [-0.05, 0) is 55.0 Å². The molecule has 0 spiro atoms. The minimum atomic E-state index is -0.932. The van der Waals surface area contributed by atoms with Crippen LogP contribution in [0.25, 0.3) is 11.0 Å². The lowest BCUT2D eigenvalue weighted by Crippen LogP contribution is -2.45. The highest BCUT2D eigenvalue weighted by Gasteiger charge is 2.34. The monoisotopic (exact) mass is 543 g/mol. The molecule has 3 aromatic carbocycles. The van der Waals surface area contributed by atoms with Crippen molar-refractivity contribution in [1.82, 2.24) is 19.4 Å². The summed E-state index contributed by atoms with van der Waals surface area (Å²) in [6.07, 6.45) is 1.21. The summed E-state index contributed by atoms with van der Waals surface area (Å²) >= 11 is 0. The second kappa shape index (κ2) is 12.2. The maximum atomic E-state index is 13.0. The number of nitrogens with zero attached hydrogens (tertiary/aromatic N) is 4. The van der Waals surface area contributed by atoms with Crippen molar-refractivity contribution in [3.63, 3.8) is 0 Å². The number of nitrogens with one attached hydrogen (secondary N) is 1. The largest absolute Gasteiger partial charge is 0.465 e. The van der Waals surface area contributed by atoms with Crippen molar-refractivity contribution in [2.45, 2.75) is 38.4 Å². The van der Waals surface area contributed by atoms with Gasteiger partial charge in [0.05, 0.1) is 16.0 Å². The number of carbonyl (C=O) groups is 1. The molecule has 2 unspecified atom stereocenters. The van der Waals surface area contributed by atoms with Gasteiger partial charge in [-0.3, -0.25) is 19.6 Å². The first-order chi connectivity index (χ1) is 19.4. The van der Waals surface area contributed by atoms with E-state index < -0.39 is 11.0 Å². The first kappa shape index (κ1) is 27.1. The fourth-order valence-electron chi connectivity index (χ4n) is 5.83. The number of aromatic amines is 1. The number of carboxylic acid groups (broad SMARTS) is 1. The molecule has 1 amide bonds. The maximum absolute atomic E-state index is 13.0. The van der Waals surface area contributed by atoms with Gasteiger partial charge in [0.1, 0.15) is 0 Å². The Hall–Kier alpha value is -4.44. The van der Waals surface area contributed by atoms with Gasteiger partial charge in [-0.1, -0.05) is 54.6 Å². The van der Waals surface area contributed by atoms with E-state index in [1.54, 1.807) is 12.1 Å². The average Bonchev–Trinajstić information content (AvgIpc) is 3.29. The van der Waals surface area contributed by atoms with Crippen LogP contribution in [0, 0.1) is 16.0 Å². The van der Waals surface area contributed by atoms with Crippen molar-refractivity contribution in [2.24, 2.45) is 5.92 Å². The highest BCUT2D eigenvalue weighted by molar-refractivity contribution is 5.75. The van der Waals surface area contributed by atoms with Crippen molar-refractivity contribution in [1.29, 1.82) is 0 Å². The maximum Gasteiger partial charge on any atom is 0.407 e. The van der Waals surface area contributed by atoms with E-state index in [1.807, 2.05) is 47.0 Å². The molecular formula is C30H33N5O5. The third-order valence-electron chi connectivity index (χ3n) is 7.77. The number of para-hydroxylation sites is 2. The molecule has 0 aliphatic carbocycles. The minimum absolute atomic E-state index is 0.0142. The Morgan fingerprint density at radius 2 is 1.68 bits per heavy atom. The quantitative estimate of drug-likeness (QED) is 0.208. The predicted octanol–water partition coefficient (Wildman–Crippen LogP) is 5.26. The number of H-pyrrole nitrogens is 1. The highest BCUT2D eigenvalue weighted by Crippen LogP contribution is 2.33. The summed E-state index contributed by atoms with van der Waals surface area (Å²) in [6.45, 7) is 2.87. The predicted molar refractivity (Wildman–Crippen MR) is 152 cm³/mol. The van der Waals surface area contributed by atoms with Crippen LogP contribution in [0.1, 0.15) is 36.4 Å². The summed E-state index contributed by atoms with van der Waals surface area (Å²) in [7, 11) is 0. The van der Waals surface area contributed by atoms with Gasteiger partial charge in [0.2, 0.25) is 0 Å². The van der Waals surface area contributed by atoms with Crippen LogP contribution in [0.2, 0.25) is 0 Å². The van der Waals surface area contributed by atoms with Crippen LogP contribution >= 0.6 is 0 Å². The lowest BCUT2D eigenvalue weighted by molar-refractivity contribution is -0.384. The molecule has 10 nitrogen and oxygen atoms in total. The van der Waals surface area contributed by atoms with E-state index in [9.17, 15) is 24.8 Å². The molecule has 40 heavy (non-hydrogen) atoms. The van der Waals surface area contributed by atoms with Crippen molar-refractivity contribution in [3.05, 3.63) is 111 Å². The Balaban J connectivity index is 1.33. The van der Waals surface area contributed by atoms with Crippen molar-refractivity contribution in [3.8, 4) is 0 Å². The fourth-order valence-corrected chi connectivity index (χ4v) is 5.83. The molecule has 1 aliphatic heterocycles. The van der Waals surface area contributed by atoms with Gasteiger partial charge in [-0.2, -0.15) is 0 Å². The van der Waals surface area contributed by atoms with E-state index in [2.05, 4.69) is 22.0 Å². The van der Waals surface area contributed by atoms with Crippen LogP contribution in [-0.2, 0) is 13.1 Å².